The highest BCUT2D eigenvalue weighted by molar-refractivity contribution is 14.1. The van der Waals surface area contributed by atoms with Crippen LogP contribution in [0.3, 0.4) is 0 Å². The van der Waals surface area contributed by atoms with Crippen molar-refractivity contribution in [3.05, 3.63) is 35.9 Å². The second-order valence-corrected chi connectivity index (χ2v) is 6.66. The van der Waals surface area contributed by atoms with E-state index >= 15 is 0 Å². The van der Waals surface area contributed by atoms with E-state index in [9.17, 15) is 4.79 Å². The van der Waals surface area contributed by atoms with Crippen molar-refractivity contribution in [2.24, 2.45) is 11.3 Å². The lowest BCUT2D eigenvalue weighted by Gasteiger charge is -2.27. The number of halogens is 1. The van der Waals surface area contributed by atoms with Gasteiger partial charge >= 0.3 is 5.97 Å². The molecule has 3 atom stereocenters. The molecule has 20 heavy (non-hydrogen) atoms. The maximum Gasteiger partial charge on any atom is 0.313 e. The van der Waals surface area contributed by atoms with Crippen molar-refractivity contribution in [3.63, 3.8) is 0 Å². The lowest BCUT2D eigenvalue weighted by atomic mass is 9.81. The number of methoxy groups -OCH3 is 1. The van der Waals surface area contributed by atoms with Crippen molar-refractivity contribution >= 4 is 28.6 Å². The van der Waals surface area contributed by atoms with Gasteiger partial charge in [-0.15, -0.1) is 0 Å². The fourth-order valence-electron chi connectivity index (χ4n) is 3.02. The van der Waals surface area contributed by atoms with Gasteiger partial charge in [0.1, 0.15) is 0 Å². The van der Waals surface area contributed by atoms with Gasteiger partial charge in [-0.25, -0.2) is 0 Å². The van der Waals surface area contributed by atoms with E-state index in [0.717, 1.165) is 17.5 Å². The van der Waals surface area contributed by atoms with E-state index in [0.29, 0.717) is 12.0 Å². The number of nitrogens with zero attached hydrogens (tertiary/aromatic N) is 1. The molecule has 0 aromatic heterocycles. The topological polar surface area (TPSA) is 29.5 Å². The van der Waals surface area contributed by atoms with Crippen LogP contribution in [0.5, 0.6) is 0 Å². The number of esters is 1. The maximum atomic E-state index is 12.2. The average Bonchev–Trinajstić information content (AvgIpc) is 2.84. The lowest BCUT2D eigenvalue weighted by Crippen LogP contribution is -2.38. The highest BCUT2D eigenvalue weighted by atomic mass is 127. The van der Waals surface area contributed by atoms with Gasteiger partial charge in [0.15, 0.2) is 0 Å². The SMILES string of the molecule is COC(=O)[C@]1(C)CN([C@H](C)c2ccccc2)C[C@H]1CI. The number of hydrogen-bond acceptors (Lipinski definition) is 3. The molecule has 0 bridgehead atoms. The van der Waals surface area contributed by atoms with Crippen LogP contribution in [0.4, 0.5) is 0 Å². The third-order valence-electron chi connectivity index (χ3n) is 4.56. The van der Waals surface area contributed by atoms with Crippen LogP contribution in [0.15, 0.2) is 30.3 Å². The van der Waals surface area contributed by atoms with E-state index in [-0.39, 0.29) is 11.4 Å². The van der Waals surface area contributed by atoms with Crippen LogP contribution in [-0.2, 0) is 9.53 Å². The van der Waals surface area contributed by atoms with Crippen molar-refractivity contribution in [3.8, 4) is 0 Å². The lowest BCUT2D eigenvalue weighted by molar-refractivity contribution is -0.152. The summed E-state index contributed by atoms with van der Waals surface area (Å²) in [4.78, 5) is 14.6. The Balaban J connectivity index is 2.19. The number of benzene rings is 1. The number of rotatable bonds is 4. The largest absolute Gasteiger partial charge is 0.469 e. The highest BCUT2D eigenvalue weighted by Gasteiger charge is 2.49. The summed E-state index contributed by atoms with van der Waals surface area (Å²) in [7, 11) is 1.49. The molecule has 110 valence electrons. The summed E-state index contributed by atoms with van der Waals surface area (Å²) < 4.78 is 6.01. The first-order chi connectivity index (χ1) is 9.52. The average molecular weight is 387 g/mol. The minimum atomic E-state index is -0.390. The molecule has 3 nitrogen and oxygen atoms in total. The number of carbonyl (C=O) groups is 1. The molecule has 0 N–H and O–H groups in total. The molecule has 1 saturated heterocycles. The molecule has 1 aliphatic heterocycles. The second-order valence-electron chi connectivity index (χ2n) is 5.78. The van der Waals surface area contributed by atoms with Gasteiger partial charge in [0.2, 0.25) is 0 Å². The van der Waals surface area contributed by atoms with E-state index in [1.165, 1.54) is 12.7 Å². The predicted octanol–water partition coefficient (Wildman–Crippen LogP) is 3.29. The minimum Gasteiger partial charge on any atom is -0.469 e. The van der Waals surface area contributed by atoms with Crippen LogP contribution in [0.2, 0.25) is 0 Å². The van der Waals surface area contributed by atoms with E-state index in [1.807, 2.05) is 13.0 Å². The van der Waals surface area contributed by atoms with Gasteiger partial charge in [-0.3, -0.25) is 9.69 Å². The Morgan fingerprint density at radius 1 is 1.50 bits per heavy atom. The summed E-state index contributed by atoms with van der Waals surface area (Å²) in [6, 6.07) is 10.8. The van der Waals surface area contributed by atoms with Crippen molar-refractivity contribution < 1.29 is 9.53 Å². The van der Waals surface area contributed by atoms with Gasteiger partial charge in [0, 0.05) is 23.6 Å². The van der Waals surface area contributed by atoms with Crippen molar-refractivity contribution in [2.75, 3.05) is 24.6 Å². The van der Waals surface area contributed by atoms with Crippen LogP contribution >= 0.6 is 22.6 Å². The highest BCUT2D eigenvalue weighted by Crippen LogP contribution is 2.41. The van der Waals surface area contributed by atoms with Crippen molar-refractivity contribution in [2.45, 2.75) is 19.9 Å². The first kappa shape index (κ1) is 15.8. The molecule has 2 rings (SSSR count). The van der Waals surface area contributed by atoms with Crippen LogP contribution in [-0.4, -0.2) is 35.5 Å². The zero-order valence-electron chi connectivity index (χ0n) is 12.3. The fourth-order valence-corrected chi connectivity index (χ4v) is 4.27. The number of hydrogen-bond donors (Lipinski definition) is 0. The number of alkyl halides is 1. The maximum absolute atomic E-state index is 12.2. The summed E-state index contributed by atoms with van der Waals surface area (Å²) in [5.74, 6) is 0.267. The Hall–Kier alpha value is -0.620. The third-order valence-corrected chi connectivity index (χ3v) is 5.62. The molecule has 1 aromatic carbocycles. The molecule has 0 saturated carbocycles. The smallest absolute Gasteiger partial charge is 0.313 e. The Bertz CT molecular complexity index is 465. The molecule has 4 heteroatoms. The first-order valence-corrected chi connectivity index (χ1v) is 8.49. The fraction of sp³-hybridized carbons (Fsp3) is 0.562. The number of likely N-dealkylation sites (tertiary alicyclic amines) is 1. The molecule has 1 aliphatic rings. The summed E-state index contributed by atoms with van der Waals surface area (Å²) in [5.41, 5.74) is 0.910. The summed E-state index contributed by atoms with van der Waals surface area (Å²) in [6.07, 6.45) is 0. The van der Waals surface area contributed by atoms with Crippen LogP contribution in [0, 0.1) is 11.3 Å². The zero-order chi connectivity index (χ0) is 14.8. The van der Waals surface area contributed by atoms with Crippen molar-refractivity contribution in [1.82, 2.24) is 4.90 Å². The quantitative estimate of drug-likeness (QED) is 0.451. The van der Waals surface area contributed by atoms with E-state index in [2.05, 4.69) is 58.7 Å². The molecule has 0 unspecified atom stereocenters. The molecule has 1 heterocycles. The van der Waals surface area contributed by atoms with Crippen LogP contribution in [0.25, 0.3) is 0 Å². The molecule has 1 aromatic rings. The molecule has 0 radical (unpaired) electrons. The predicted molar refractivity (Wildman–Crippen MR) is 88.9 cm³/mol. The summed E-state index contributed by atoms with van der Waals surface area (Å²) in [6.45, 7) is 5.97. The third kappa shape index (κ3) is 2.86. The van der Waals surface area contributed by atoms with Crippen LogP contribution in [0.1, 0.15) is 25.5 Å². The zero-order valence-corrected chi connectivity index (χ0v) is 14.5. The van der Waals surface area contributed by atoms with E-state index < -0.39 is 0 Å². The van der Waals surface area contributed by atoms with Crippen molar-refractivity contribution in [1.29, 1.82) is 0 Å². The molecule has 1 fully saturated rings. The molecular formula is C16H22INO2. The minimum absolute atomic E-state index is 0.0815. The summed E-state index contributed by atoms with van der Waals surface area (Å²) in [5, 5.41) is 0. The Labute approximate surface area is 134 Å². The second kappa shape index (κ2) is 6.43. The Morgan fingerprint density at radius 2 is 2.15 bits per heavy atom. The summed E-state index contributed by atoms with van der Waals surface area (Å²) >= 11 is 2.38. The molecule has 0 amide bonds. The normalized spacial score (nSPS) is 28.3. The van der Waals surface area contributed by atoms with Gasteiger partial charge in [-0.1, -0.05) is 52.9 Å². The standard InChI is InChI=1S/C16H22INO2/c1-12(13-7-5-4-6-8-13)18-10-14(9-17)16(2,11-18)15(19)20-3/h4-8,12,14H,9-11H2,1-3H3/t12-,14-,16-/m1/s1. The van der Waals surface area contributed by atoms with E-state index in [4.69, 9.17) is 4.74 Å². The van der Waals surface area contributed by atoms with Gasteiger partial charge < -0.3 is 4.74 Å². The Morgan fingerprint density at radius 3 is 2.70 bits per heavy atom. The van der Waals surface area contributed by atoms with E-state index in [1.54, 1.807) is 0 Å². The first-order valence-electron chi connectivity index (χ1n) is 6.96. The van der Waals surface area contributed by atoms with Gasteiger partial charge in [-0.2, -0.15) is 0 Å². The van der Waals surface area contributed by atoms with Crippen LogP contribution < -0.4 is 0 Å². The van der Waals surface area contributed by atoms with Gasteiger partial charge in [0.25, 0.3) is 0 Å². The molecule has 0 aliphatic carbocycles. The Kier molecular flexibility index (Phi) is 5.07. The van der Waals surface area contributed by atoms with Gasteiger partial charge in [-0.05, 0) is 25.3 Å². The number of ether oxygens (including phenoxy) is 1. The molecular weight excluding hydrogens is 365 g/mol. The monoisotopic (exact) mass is 387 g/mol. The molecule has 0 spiro atoms. The number of carbonyl (C=O) groups excluding carboxylic acids is 1. The van der Waals surface area contributed by atoms with Gasteiger partial charge in [0.05, 0.1) is 12.5 Å².